The van der Waals surface area contributed by atoms with Gasteiger partial charge in [0, 0.05) is 5.56 Å². The lowest BCUT2D eigenvalue weighted by molar-refractivity contribution is -0.175. The van der Waals surface area contributed by atoms with Gasteiger partial charge in [-0.1, -0.05) is 18.2 Å². The quantitative estimate of drug-likeness (QED) is 0.801. The first-order valence-electron chi connectivity index (χ1n) is 6.99. The highest BCUT2D eigenvalue weighted by Gasteiger charge is 2.51. The molecular formula is C15H20F3NO3S. The molecule has 1 N–H and O–H groups in total. The van der Waals surface area contributed by atoms with E-state index < -0.39 is 45.0 Å². The maximum absolute atomic E-state index is 14.4. The van der Waals surface area contributed by atoms with Crippen molar-refractivity contribution in [3.8, 4) is 0 Å². The Bertz CT molecular complexity index is 588. The molecule has 0 aliphatic carbocycles. The Kier molecular flexibility index (Phi) is 6.35. The number of nitrogens with one attached hydrogen (secondary N) is 1. The Hall–Kier alpha value is -1.41. The van der Waals surface area contributed by atoms with Crippen molar-refractivity contribution in [2.24, 2.45) is 0 Å². The van der Waals surface area contributed by atoms with E-state index in [4.69, 9.17) is 0 Å². The summed E-state index contributed by atoms with van der Waals surface area (Å²) in [6.45, 7) is 5.83. The molecule has 0 saturated carbocycles. The molecule has 0 amide bonds. The predicted molar refractivity (Wildman–Crippen MR) is 81.8 cm³/mol. The first kappa shape index (κ1) is 19.6. The zero-order valence-corrected chi connectivity index (χ0v) is 14.2. The van der Waals surface area contributed by atoms with E-state index in [1.165, 1.54) is 19.1 Å². The summed E-state index contributed by atoms with van der Waals surface area (Å²) in [5, 5.41) is 0. The first-order chi connectivity index (χ1) is 10.5. The molecule has 0 unspecified atom stereocenters. The van der Waals surface area contributed by atoms with Crippen LogP contribution in [0.5, 0.6) is 0 Å². The van der Waals surface area contributed by atoms with Crippen LogP contribution in [-0.4, -0.2) is 27.5 Å². The summed E-state index contributed by atoms with van der Waals surface area (Å²) < 4.78 is 60.7. The van der Waals surface area contributed by atoms with E-state index in [1.807, 2.05) is 0 Å². The molecule has 0 aliphatic heterocycles. The third kappa shape index (κ3) is 4.78. The van der Waals surface area contributed by atoms with Crippen molar-refractivity contribution in [2.75, 3.05) is 6.61 Å². The lowest BCUT2D eigenvalue weighted by Crippen LogP contribution is -2.48. The molecule has 1 aromatic rings. The van der Waals surface area contributed by atoms with Crippen LogP contribution in [0.25, 0.3) is 0 Å². The molecule has 1 aromatic carbocycles. The summed E-state index contributed by atoms with van der Waals surface area (Å²) in [6, 6.07) is 2.68. The predicted octanol–water partition coefficient (Wildman–Crippen LogP) is 3.12. The second-order valence-electron chi connectivity index (χ2n) is 5.80. The van der Waals surface area contributed by atoms with Crippen LogP contribution in [0.1, 0.15) is 39.3 Å². The molecule has 0 radical (unpaired) electrons. The minimum absolute atomic E-state index is 0.249. The molecule has 0 saturated heterocycles. The van der Waals surface area contributed by atoms with Crippen molar-refractivity contribution >= 4 is 17.0 Å². The number of carbonyl (C=O) groups is 1. The van der Waals surface area contributed by atoms with E-state index in [0.29, 0.717) is 0 Å². The molecule has 23 heavy (non-hydrogen) atoms. The van der Waals surface area contributed by atoms with Crippen molar-refractivity contribution in [3.05, 3.63) is 35.6 Å². The standard InChI is InChI=1S/C15H20F3NO3S/c1-5-22-13(20)15(17,18)12(19-23(21)14(2,3)4)10-8-6-7-9-11(10)16/h6-9,12,19H,5H2,1-4H3/t12-,23-/m1/s1. The highest BCUT2D eigenvalue weighted by Crippen LogP contribution is 2.35. The van der Waals surface area contributed by atoms with Gasteiger partial charge in [0.1, 0.15) is 11.9 Å². The number of ether oxygens (including phenoxy) is 1. The Balaban J connectivity index is 3.30. The second-order valence-corrected chi connectivity index (χ2v) is 7.79. The van der Waals surface area contributed by atoms with Gasteiger partial charge in [0.15, 0.2) is 0 Å². The summed E-state index contributed by atoms with van der Waals surface area (Å²) in [6.07, 6.45) is 0. The maximum Gasteiger partial charge on any atom is 0.379 e. The van der Waals surface area contributed by atoms with E-state index in [-0.39, 0.29) is 6.61 Å². The van der Waals surface area contributed by atoms with Gasteiger partial charge in [-0.15, -0.1) is 0 Å². The SMILES string of the molecule is CCOC(=O)C(F)(F)[C@H](N[S@](=O)C(C)(C)C)c1ccccc1F. The smallest absolute Gasteiger partial charge is 0.379 e. The van der Waals surface area contributed by atoms with E-state index in [0.717, 1.165) is 12.1 Å². The number of esters is 1. The van der Waals surface area contributed by atoms with Crippen molar-refractivity contribution in [1.82, 2.24) is 4.72 Å². The Morgan fingerprint density at radius 2 is 1.87 bits per heavy atom. The molecule has 130 valence electrons. The van der Waals surface area contributed by atoms with Gasteiger partial charge in [-0.3, -0.25) is 0 Å². The molecule has 2 atom stereocenters. The molecule has 0 bridgehead atoms. The zero-order chi connectivity index (χ0) is 17.8. The van der Waals surface area contributed by atoms with Gasteiger partial charge in [-0.2, -0.15) is 8.78 Å². The molecule has 8 heteroatoms. The molecule has 0 heterocycles. The molecule has 1 rings (SSSR count). The van der Waals surface area contributed by atoms with Crippen molar-refractivity contribution in [2.45, 2.75) is 44.4 Å². The van der Waals surface area contributed by atoms with Crippen molar-refractivity contribution in [3.63, 3.8) is 0 Å². The number of benzene rings is 1. The van der Waals surface area contributed by atoms with E-state index in [1.54, 1.807) is 20.8 Å². The van der Waals surface area contributed by atoms with Crippen LogP contribution in [0.2, 0.25) is 0 Å². The van der Waals surface area contributed by atoms with Crippen molar-refractivity contribution < 1.29 is 26.9 Å². The number of carbonyl (C=O) groups excluding carboxylic acids is 1. The number of rotatable bonds is 6. The highest BCUT2D eigenvalue weighted by molar-refractivity contribution is 7.84. The average molecular weight is 351 g/mol. The van der Waals surface area contributed by atoms with Crippen LogP contribution in [-0.2, 0) is 20.5 Å². The topological polar surface area (TPSA) is 55.4 Å². The van der Waals surface area contributed by atoms with Gasteiger partial charge in [0.2, 0.25) is 0 Å². The normalized spacial score (nSPS) is 15.1. The number of alkyl halides is 2. The second kappa shape index (κ2) is 7.44. The minimum Gasteiger partial charge on any atom is -0.462 e. The number of halogens is 3. The molecule has 0 spiro atoms. The summed E-state index contributed by atoms with van der Waals surface area (Å²) in [4.78, 5) is 11.6. The molecular weight excluding hydrogens is 331 g/mol. The monoisotopic (exact) mass is 351 g/mol. The molecule has 0 fully saturated rings. The number of hydrogen-bond acceptors (Lipinski definition) is 3. The van der Waals surface area contributed by atoms with Crippen LogP contribution >= 0.6 is 0 Å². The fraction of sp³-hybridized carbons (Fsp3) is 0.533. The van der Waals surface area contributed by atoms with Crippen LogP contribution in [0.15, 0.2) is 24.3 Å². The van der Waals surface area contributed by atoms with Gasteiger partial charge >= 0.3 is 11.9 Å². The number of hydrogen-bond donors (Lipinski definition) is 1. The lowest BCUT2D eigenvalue weighted by Gasteiger charge is -2.29. The van der Waals surface area contributed by atoms with Gasteiger partial charge in [0.25, 0.3) is 0 Å². The highest BCUT2D eigenvalue weighted by atomic mass is 32.2. The summed E-state index contributed by atoms with van der Waals surface area (Å²) >= 11 is 0. The third-order valence-corrected chi connectivity index (χ3v) is 4.47. The van der Waals surface area contributed by atoms with Crippen LogP contribution < -0.4 is 4.72 Å². The first-order valence-corrected chi connectivity index (χ1v) is 8.14. The average Bonchev–Trinajstić information content (AvgIpc) is 2.44. The third-order valence-electron chi connectivity index (χ3n) is 2.91. The summed E-state index contributed by atoms with van der Waals surface area (Å²) in [5.74, 6) is -6.81. The van der Waals surface area contributed by atoms with E-state index >= 15 is 0 Å². The summed E-state index contributed by atoms with van der Waals surface area (Å²) in [5.41, 5.74) is -0.455. The molecule has 4 nitrogen and oxygen atoms in total. The van der Waals surface area contributed by atoms with Crippen LogP contribution in [0.4, 0.5) is 13.2 Å². The van der Waals surface area contributed by atoms with E-state index in [2.05, 4.69) is 9.46 Å². The Morgan fingerprint density at radius 3 is 2.35 bits per heavy atom. The summed E-state index contributed by atoms with van der Waals surface area (Å²) in [7, 11) is -1.95. The van der Waals surface area contributed by atoms with Crippen LogP contribution in [0, 0.1) is 5.82 Å². The lowest BCUT2D eigenvalue weighted by atomic mass is 10.0. The Morgan fingerprint density at radius 1 is 1.30 bits per heavy atom. The van der Waals surface area contributed by atoms with E-state index in [9.17, 15) is 22.2 Å². The maximum atomic E-state index is 14.4. The Labute approximate surface area is 136 Å². The zero-order valence-electron chi connectivity index (χ0n) is 13.4. The minimum atomic E-state index is -4.08. The van der Waals surface area contributed by atoms with Gasteiger partial charge < -0.3 is 4.74 Å². The van der Waals surface area contributed by atoms with Gasteiger partial charge in [-0.05, 0) is 33.8 Å². The fourth-order valence-corrected chi connectivity index (χ4v) is 2.51. The fourth-order valence-electron chi connectivity index (χ4n) is 1.67. The largest absolute Gasteiger partial charge is 0.462 e. The molecule has 0 aromatic heterocycles. The van der Waals surface area contributed by atoms with Gasteiger partial charge in [-0.25, -0.2) is 18.1 Å². The van der Waals surface area contributed by atoms with Gasteiger partial charge in [0.05, 0.1) is 22.3 Å². The molecule has 0 aliphatic rings. The van der Waals surface area contributed by atoms with Crippen molar-refractivity contribution in [1.29, 1.82) is 0 Å². The van der Waals surface area contributed by atoms with Crippen LogP contribution in [0.3, 0.4) is 0 Å².